The van der Waals surface area contributed by atoms with Crippen LogP contribution in [-0.4, -0.2) is 12.0 Å². The molecule has 0 bridgehead atoms. The van der Waals surface area contributed by atoms with Gasteiger partial charge in [-0.1, -0.05) is 0 Å². The van der Waals surface area contributed by atoms with Gasteiger partial charge in [0.1, 0.15) is 5.75 Å². The van der Waals surface area contributed by atoms with Gasteiger partial charge >= 0.3 is 0 Å². The molecular formula is C8H8ClNO3. The summed E-state index contributed by atoms with van der Waals surface area (Å²) < 4.78 is 19.2. The highest BCUT2D eigenvalue weighted by atomic mass is 35.5. The predicted molar refractivity (Wildman–Crippen MR) is 49.2 cm³/mol. The SMILES string of the molecule is [2H]C([2H])(Cl)c1ccc(OC)cc1[N+](=O)[O-]. The maximum atomic E-state index is 10.7. The first-order valence-electron chi connectivity index (χ1n) is 4.38. The Morgan fingerprint density at radius 1 is 1.77 bits per heavy atom. The fourth-order valence-corrected chi connectivity index (χ4v) is 1.03. The molecule has 0 heterocycles. The number of nitrogens with zero attached hydrogens (tertiary/aromatic N) is 1. The summed E-state index contributed by atoms with van der Waals surface area (Å²) >= 11 is 5.39. The second-order valence-electron chi connectivity index (χ2n) is 2.23. The van der Waals surface area contributed by atoms with Crippen LogP contribution in [0.2, 0.25) is 0 Å². The van der Waals surface area contributed by atoms with Crippen LogP contribution < -0.4 is 4.74 Å². The molecule has 0 N–H and O–H groups in total. The van der Waals surface area contributed by atoms with Crippen molar-refractivity contribution in [2.75, 3.05) is 7.11 Å². The number of hydrogen-bond acceptors (Lipinski definition) is 3. The molecule has 0 spiro atoms. The molecule has 0 saturated carbocycles. The van der Waals surface area contributed by atoms with E-state index in [9.17, 15) is 10.1 Å². The summed E-state index contributed by atoms with van der Waals surface area (Å²) in [5, 5.41) is 10.7. The molecule has 13 heavy (non-hydrogen) atoms. The van der Waals surface area contributed by atoms with Crippen molar-refractivity contribution in [3.8, 4) is 5.75 Å². The molecule has 0 fully saturated rings. The van der Waals surface area contributed by atoms with Gasteiger partial charge in [0, 0.05) is 8.30 Å². The first-order valence-corrected chi connectivity index (χ1v) is 3.76. The van der Waals surface area contributed by atoms with Crippen molar-refractivity contribution in [1.29, 1.82) is 0 Å². The van der Waals surface area contributed by atoms with Crippen LogP contribution in [0.4, 0.5) is 5.69 Å². The van der Waals surface area contributed by atoms with Gasteiger partial charge in [-0.2, -0.15) is 0 Å². The zero-order valence-corrected chi connectivity index (χ0v) is 7.54. The highest BCUT2D eigenvalue weighted by Crippen LogP contribution is 2.25. The summed E-state index contributed by atoms with van der Waals surface area (Å²) in [6.45, 7) is 0. The Hall–Kier alpha value is -1.29. The molecule has 0 aliphatic carbocycles. The minimum absolute atomic E-state index is 0.185. The lowest BCUT2D eigenvalue weighted by molar-refractivity contribution is -0.385. The number of hydrogen-bond donors (Lipinski definition) is 0. The number of rotatable bonds is 3. The zero-order chi connectivity index (χ0) is 11.6. The van der Waals surface area contributed by atoms with E-state index in [1.807, 2.05) is 0 Å². The van der Waals surface area contributed by atoms with E-state index in [1.54, 1.807) is 0 Å². The molecule has 70 valence electrons. The number of methoxy groups -OCH3 is 1. The van der Waals surface area contributed by atoms with Gasteiger partial charge < -0.3 is 4.74 Å². The molecule has 0 unspecified atom stereocenters. The van der Waals surface area contributed by atoms with E-state index in [0.29, 0.717) is 0 Å². The molecule has 0 atom stereocenters. The topological polar surface area (TPSA) is 52.4 Å². The van der Waals surface area contributed by atoms with Crippen molar-refractivity contribution >= 4 is 17.3 Å². The molecule has 0 aromatic heterocycles. The number of ether oxygens (including phenoxy) is 1. The van der Waals surface area contributed by atoms with Crippen molar-refractivity contribution in [2.45, 2.75) is 5.83 Å². The monoisotopic (exact) mass is 203 g/mol. The Morgan fingerprint density at radius 3 is 2.92 bits per heavy atom. The van der Waals surface area contributed by atoms with Crippen LogP contribution >= 0.6 is 11.6 Å². The molecule has 5 heteroatoms. The molecule has 1 aromatic rings. The minimum Gasteiger partial charge on any atom is -0.497 e. The van der Waals surface area contributed by atoms with E-state index in [-0.39, 0.29) is 11.3 Å². The standard InChI is InChI=1S/C8H8ClNO3/c1-13-7-3-2-6(5-9)8(4-7)10(11)12/h2-4H,5H2,1H3/i5D2. The average molecular weight is 204 g/mol. The third-order valence-electron chi connectivity index (χ3n) is 1.50. The lowest BCUT2D eigenvalue weighted by atomic mass is 10.2. The van der Waals surface area contributed by atoms with Crippen LogP contribution in [0, 0.1) is 10.1 Å². The van der Waals surface area contributed by atoms with Gasteiger partial charge in [-0.25, -0.2) is 0 Å². The van der Waals surface area contributed by atoms with E-state index in [0.717, 1.165) is 6.07 Å². The van der Waals surface area contributed by atoms with E-state index < -0.39 is 16.4 Å². The second-order valence-corrected chi connectivity index (χ2v) is 2.42. The smallest absolute Gasteiger partial charge is 0.277 e. The lowest BCUT2D eigenvalue weighted by Gasteiger charge is -2.01. The van der Waals surface area contributed by atoms with E-state index in [4.69, 9.17) is 19.1 Å². The Labute approximate surface area is 83.0 Å². The number of benzene rings is 1. The van der Waals surface area contributed by atoms with E-state index in [2.05, 4.69) is 0 Å². The van der Waals surface area contributed by atoms with Gasteiger partial charge in [-0.15, -0.1) is 11.6 Å². The summed E-state index contributed by atoms with van der Waals surface area (Å²) in [6.07, 6.45) is 0. The Kier molecular flexibility index (Phi) is 2.25. The molecule has 0 aliphatic rings. The van der Waals surface area contributed by atoms with Crippen molar-refractivity contribution in [3.05, 3.63) is 33.9 Å². The second kappa shape index (κ2) is 4.09. The highest BCUT2D eigenvalue weighted by Gasteiger charge is 2.13. The Bertz CT molecular complexity index is 392. The molecule has 4 nitrogen and oxygen atoms in total. The molecule has 0 saturated heterocycles. The van der Waals surface area contributed by atoms with Gasteiger partial charge in [0.05, 0.1) is 23.9 Å². The normalized spacial score (nSPS) is 13.1. The first-order chi connectivity index (χ1) is 6.86. The van der Waals surface area contributed by atoms with E-state index >= 15 is 0 Å². The van der Waals surface area contributed by atoms with Crippen LogP contribution in [0.1, 0.15) is 8.30 Å². The van der Waals surface area contributed by atoms with Crippen LogP contribution in [-0.2, 0) is 5.83 Å². The zero-order valence-electron chi connectivity index (χ0n) is 8.78. The Morgan fingerprint density at radius 2 is 2.46 bits per heavy atom. The summed E-state index contributed by atoms with van der Waals surface area (Å²) in [5.74, 6) is -1.99. The molecule has 0 aliphatic heterocycles. The van der Waals surface area contributed by atoms with Gasteiger partial charge in [0.15, 0.2) is 0 Å². The van der Waals surface area contributed by atoms with Crippen molar-refractivity contribution in [1.82, 2.24) is 0 Å². The molecule has 0 amide bonds. The van der Waals surface area contributed by atoms with Crippen molar-refractivity contribution in [3.63, 3.8) is 0 Å². The molecular weight excluding hydrogens is 194 g/mol. The quantitative estimate of drug-likeness (QED) is 0.431. The van der Waals surface area contributed by atoms with Gasteiger partial charge in [0.25, 0.3) is 5.69 Å². The van der Waals surface area contributed by atoms with Crippen LogP contribution in [0.25, 0.3) is 0 Å². The minimum atomic E-state index is -2.27. The maximum Gasteiger partial charge on any atom is 0.277 e. The number of alkyl halides is 1. The predicted octanol–water partition coefficient (Wildman–Crippen LogP) is 2.34. The average Bonchev–Trinajstić information content (AvgIpc) is 2.15. The van der Waals surface area contributed by atoms with Crippen LogP contribution in [0.15, 0.2) is 18.2 Å². The fraction of sp³-hybridized carbons (Fsp3) is 0.250. The largest absolute Gasteiger partial charge is 0.497 e. The number of nitro benzene ring substituents is 1. The summed E-state index contributed by atoms with van der Waals surface area (Å²) in [6, 6.07) is 3.79. The maximum absolute atomic E-state index is 10.7. The number of nitro groups is 1. The fourth-order valence-electron chi connectivity index (χ4n) is 0.869. The summed E-state index contributed by atoms with van der Waals surface area (Å²) in [7, 11) is 1.37. The molecule has 0 radical (unpaired) electrons. The highest BCUT2D eigenvalue weighted by molar-refractivity contribution is 6.17. The Balaban J connectivity index is 3.34. The summed E-state index contributed by atoms with van der Waals surface area (Å²) in [5.41, 5.74) is -0.579. The number of halogens is 1. The van der Waals surface area contributed by atoms with Crippen molar-refractivity contribution < 1.29 is 12.4 Å². The van der Waals surface area contributed by atoms with Crippen LogP contribution in [0.5, 0.6) is 5.75 Å². The van der Waals surface area contributed by atoms with E-state index in [1.165, 1.54) is 19.2 Å². The third-order valence-corrected chi connectivity index (χ3v) is 1.71. The third kappa shape index (κ3) is 2.09. The van der Waals surface area contributed by atoms with Gasteiger partial charge in [0.2, 0.25) is 0 Å². The summed E-state index contributed by atoms with van der Waals surface area (Å²) in [4.78, 5) is 9.96. The van der Waals surface area contributed by atoms with Crippen LogP contribution in [0.3, 0.4) is 0 Å². The van der Waals surface area contributed by atoms with Crippen molar-refractivity contribution in [2.24, 2.45) is 0 Å². The van der Waals surface area contributed by atoms with Gasteiger partial charge in [-0.05, 0) is 12.1 Å². The molecule has 1 rings (SSSR count). The lowest BCUT2D eigenvalue weighted by Crippen LogP contribution is -1.94. The van der Waals surface area contributed by atoms with Gasteiger partial charge in [-0.3, -0.25) is 10.1 Å². The first kappa shape index (κ1) is 7.15. The molecule has 1 aromatic carbocycles.